The van der Waals surface area contributed by atoms with E-state index in [0.29, 0.717) is 24.5 Å². The van der Waals surface area contributed by atoms with Crippen LogP contribution in [-0.4, -0.2) is 34.5 Å². The highest BCUT2D eigenvalue weighted by molar-refractivity contribution is 5.88. The van der Waals surface area contributed by atoms with Crippen LogP contribution in [0.5, 0.6) is 0 Å². The SMILES string of the molecule is CCC(CC(CCOC(C)(C)C(C)(C)O)C(C)C)N1c2ccccc2C2=CC1(C)C=CC=C2. The number of fused-ring (bicyclic) bond motifs is 3. The number of rotatable bonds is 10. The van der Waals surface area contributed by atoms with E-state index in [2.05, 4.69) is 87.2 Å². The van der Waals surface area contributed by atoms with Gasteiger partial charge in [-0.3, -0.25) is 0 Å². The third-order valence-electron chi connectivity index (χ3n) is 8.04. The lowest BCUT2D eigenvalue weighted by Crippen LogP contribution is -2.52. The fourth-order valence-electron chi connectivity index (χ4n) is 5.08. The number of ether oxygens (including phenoxy) is 1. The summed E-state index contributed by atoms with van der Waals surface area (Å²) >= 11 is 0. The second kappa shape index (κ2) is 9.80. The zero-order valence-corrected chi connectivity index (χ0v) is 22.1. The molecule has 1 aliphatic heterocycles. The molecule has 3 atom stereocenters. The highest BCUT2D eigenvalue weighted by atomic mass is 16.5. The summed E-state index contributed by atoms with van der Waals surface area (Å²) in [6, 6.07) is 9.27. The van der Waals surface area contributed by atoms with Crippen molar-refractivity contribution in [3.63, 3.8) is 0 Å². The molecule has 0 fully saturated rings. The second-order valence-corrected chi connectivity index (χ2v) is 11.4. The predicted octanol–water partition coefficient (Wildman–Crippen LogP) is 7.17. The third kappa shape index (κ3) is 5.46. The zero-order valence-electron chi connectivity index (χ0n) is 22.1. The summed E-state index contributed by atoms with van der Waals surface area (Å²) in [4.78, 5) is 2.66. The Morgan fingerprint density at radius 2 is 1.79 bits per heavy atom. The molecule has 1 heterocycles. The van der Waals surface area contributed by atoms with Crippen LogP contribution in [-0.2, 0) is 4.74 Å². The van der Waals surface area contributed by atoms with Crippen LogP contribution in [0.1, 0.15) is 80.2 Å². The lowest BCUT2D eigenvalue weighted by molar-refractivity contribution is -0.149. The number of anilines is 1. The van der Waals surface area contributed by atoms with Crippen molar-refractivity contribution >= 4 is 11.3 Å². The minimum absolute atomic E-state index is 0.144. The smallest absolute Gasteiger partial charge is 0.0906 e. The van der Waals surface area contributed by atoms with Crippen LogP contribution in [0.3, 0.4) is 0 Å². The largest absolute Gasteiger partial charge is 0.387 e. The molecule has 0 saturated carbocycles. The van der Waals surface area contributed by atoms with Crippen LogP contribution < -0.4 is 4.90 Å². The molecule has 2 aliphatic rings. The summed E-state index contributed by atoms with van der Waals surface area (Å²) in [5.41, 5.74) is 2.38. The molecule has 1 aliphatic carbocycles. The number of benzene rings is 1. The van der Waals surface area contributed by atoms with Crippen LogP contribution in [0.15, 0.2) is 54.6 Å². The van der Waals surface area contributed by atoms with Crippen molar-refractivity contribution in [3.8, 4) is 0 Å². The molecule has 3 heteroatoms. The van der Waals surface area contributed by atoms with Gasteiger partial charge in [-0.2, -0.15) is 0 Å². The van der Waals surface area contributed by atoms with Gasteiger partial charge >= 0.3 is 0 Å². The van der Waals surface area contributed by atoms with E-state index in [-0.39, 0.29) is 5.54 Å². The van der Waals surface area contributed by atoms with E-state index >= 15 is 0 Å². The Bertz CT molecular complexity index is 902. The summed E-state index contributed by atoms with van der Waals surface area (Å²) in [6.45, 7) is 17.6. The summed E-state index contributed by atoms with van der Waals surface area (Å²) in [7, 11) is 0. The van der Waals surface area contributed by atoms with Crippen LogP contribution >= 0.6 is 0 Å². The van der Waals surface area contributed by atoms with E-state index in [4.69, 9.17) is 4.74 Å². The van der Waals surface area contributed by atoms with Gasteiger partial charge in [-0.15, -0.1) is 0 Å². The lowest BCUT2D eigenvalue weighted by atomic mass is 9.81. The number of para-hydroxylation sites is 1. The Hall–Kier alpha value is -1.84. The Balaban J connectivity index is 1.83. The molecule has 33 heavy (non-hydrogen) atoms. The van der Waals surface area contributed by atoms with Gasteiger partial charge in [0.1, 0.15) is 0 Å². The minimum Gasteiger partial charge on any atom is -0.387 e. The van der Waals surface area contributed by atoms with E-state index in [1.54, 1.807) is 0 Å². The molecule has 0 saturated heterocycles. The van der Waals surface area contributed by atoms with Crippen LogP contribution in [0.2, 0.25) is 0 Å². The van der Waals surface area contributed by atoms with E-state index in [1.807, 2.05) is 27.7 Å². The maximum absolute atomic E-state index is 10.5. The fraction of sp³-hybridized carbons (Fsp3) is 0.600. The first-order valence-corrected chi connectivity index (χ1v) is 12.7. The maximum Gasteiger partial charge on any atom is 0.0906 e. The van der Waals surface area contributed by atoms with Gasteiger partial charge in [-0.05, 0) is 83.4 Å². The van der Waals surface area contributed by atoms with Crippen molar-refractivity contribution in [2.75, 3.05) is 11.5 Å². The molecule has 0 aromatic heterocycles. The van der Waals surface area contributed by atoms with Crippen molar-refractivity contribution in [1.29, 1.82) is 0 Å². The van der Waals surface area contributed by atoms with Gasteiger partial charge in [0.15, 0.2) is 0 Å². The Morgan fingerprint density at radius 3 is 2.42 bits per heavy atom. The summed E-state index contributed by atoms with van der Waals surface area (Å²) in [6.07, 6.45) is 14.6. The molecule has 182 valence electrons. The van der Waals surface area contributed by atoms with Crippen molar-refractivity contribution in [3.05, 3.63) is 60.2 Å². The van der Waals surface area contributed by atoms with Gasteiger partial charge in [0.25, 0.3) is 0 Å². The van der Waals surface area contributed by atoms with Gasteiger partial charge in [-0.1, -0.05) is 63.3 Å². The average Bonchev–Trinajstić information content (AvgIpc) is 2.90. The topological polar surface area (TPSA) is 32.7 Å². The normalized spacial score (nSPS) is 22.1. The summed E-state index contributed by atoms with van der Waals surface area (Å²) in [5.74, 6) is 1.11. The molecule has 1 aromatic carbocycles. The zero-order chi connectivity index (χ0) is 24.4. The highest BCUT2D eigenvalue weighted by Crippen LogP contribution is 2.44. The predicted molar refractivity (Wildman–Crippen MR) is 142 cm³/mol. The third-order valence-corrected chi connectivity index (χ3v) is 8.04. The van der Waals surface area contributed by atoms with Crippen LogP contribution in [0.25, 0.3) is 5.57 Å². The number of aliphatic hydroxyl groups is 1. The first kappa shape index (κ1) is 25.8. The highest BCUT2D eigenvalue weighted by Gasteiger charge is 2.39. The summed E-state index contributed by atoms with van der Waals surface area (Å²) in [5, 5.41) is 10.5. The lowest BCUT2D eigenvalue weighted by Gasteiger charge is -2.49. The maximum atomic E-state index is 10.5. The van der Waals surface area contributed by atoms with Crippen LogP contribution in [0, 0.1) is 11.8 Å². The van der Waals surface area contributed by atoms with Gasteiger partial charge in [0.2, 0.25) is 0 Å². The monoisotopic (exact) mass is 451 g/mol. The van der Waals surface area contributed by atoms with Gasteiger partial charge < -0.3 is 14.7 Å². The molecule has 0 amide bonds. The molecule has 1 aromatic rings. The molecular formula is C30H45NO2. The Labute approximate surface area is 202 Å². The Morgan fingerprint density at radius 1 is 1.09 bits per heavy atom. The molecule has 0 radical (unpaired) electrons. The van der Waals surface area contributed by atoms with E-state index < -0.39 is 11.2 Å². The van der Waals surface area contributed by atoms with Gasteiger partial charge in [0, 0.05) is 23.9 Å². The molecule has 0 spiro atoms. The van der Waals surface area contributed by atoms with E-state index in [1.165, 1.54) is 16.8 Å². The Kier molecular flexibility index (Phi) is 7.65. The molecule has 3 rings (SSSR count). The molecule has 3 nitrogen and oxygen atoms in total. The van der Waals surface area contributed by atoms with E-state index in [9.17, 15) is 5.11 Å². The number of hydrogen-bond donors (Lipinski definition) is 1. The molecule has 2 bridgehead atoms. The number of nitrogens with zero attached hydrogens (tertiary/aromatic N) is 1. The van der Waals surface area contributed by atoms with Crippen molar-refractivity contribution < 1.29 is 9.84 Å². The molecule has 1 N–H and O–H groups in total. The molecular weight excluding hydrogens is 406 g/mol. The second-order valence-electron chi connectivity index (χ2n) is 11.4. The quantitative estimate of drug-likeness (QED) is 0.409. The van der Waals surface area contributed by atoms with Crippen molar-refractivity contribution in [2.24, 2.45) is 11.8 Å². The standard InChI is InChI=1S/C30H45NO2/c1-9-25(20-23(22(2)3)17-19-33-29(6,7)28(4,5)32)31-27-16-11-10-15-26(27)24-14-12-13-18-30(31,8)21-24/h10-16,18,21-23,25,32H,9,17,19-20H2,1-8H3. The molecule has 3 unspecified atom stereocenters. The van der Waals surface area contributed by atoms with Gasteiger partial charge in [0.05, 0.1) is 16.7 Å². The number of hydrogen-bond acceptors (Lipinski definition) is 3. The first-order valence-electron chi connectivity index (χ1n) is 12.7. The van der Waals surface area contributed by atoms with Crippen LogP contribution in [0.4, 0.5) is 5.69 Å². The fourth-order valence-corrected chi connectivity index (χ4v) is 5.08. The van der Waals surface area contributed by atoms with Crippen molar-refractivity contribution in [2.45, 2.75) is 97.4 Å². The van der Waals surface area contributed by atoms with E-state index in [0.717, 1.165) is 19.3 Å². The van der Waals surface area contributed by atoms with Crippen molar-refractivity contribution in [1.82, 2.24) is 0 Å². The first-order chi connectivity index (χ1) is 15.4. The van der Waals surface area contributed by atoms with Gasteiger partial charge in [-0.25, -0.2) is 0 Å². The number of allylic oxidation sites excluding steroid dienone is 4. The minimum atomic E-state index is -0.873. The summed E-state index contributed by atoms with van der Waals surface area (Å²) < 4.78 is 6.20. The average molecular weight is 452 g/mol.